The molecular formula is C30H43NO6. The third-order valence-corrected chi connectivity index (χ3v) is 11.3. The predicted octanol–water partition coefficient (Wildman–Crippen LogP) is 5.22. The van der Waals surface area contributed by atoms with Crippen molar-refractivity contribution < 1.29 is 28.9 Å². The Morgan fingerprint density at radius 3 is 2.19 bits per heavy atom. The zero-order valence-electron chi connectivity index (χ0n) is 23.4. The summed E-state index contributed by atoms with van der Waals surface area (Å²) in [4.78, 5) is 28.0. The number of carbonyl (C=O) groups excluding carboxylic acids is 1. The number of piperidine rings is 1. The number of hydrogen-bond acceptors (Lipinski definition) is 5. The first-order valence-electron chi connectivity index (χ1n) is 13.8. The van der Waals surface area contributed by atoms with Crippen LogP contribution in [0.3, 0.4) is 0 Å². The summed E-state index contributed by atoms with van der Waals surface area (Å²) in [6, 6.07) is 4.04. The number of amides is 1. The van der Waals surface area contributed by atoms with Gasteiger partial charge in [0.25, 0.3) is 0 Å². The van der Waals surface area contributed by atoms with Crippen LogP contribution >= 0.6 is 0 Å². The Morgan fingerprint density at radius 2 is 1.62 bits per heavy atom. The lowest BCUT2D eigenvalue weighted by atomic mass is 9.44. The number of likely N-dealkylation sites (N-methyl/N-ethyl adjacent to an activating group) is 1. The average molecular weight is 514 g/mol. The Morgan fingerprint density at radius 1 is 1.00 bits per heavy atom. The predicted molar refractivity (Wildman–Crippen MR) is 140 cm³/mol. The van der Waals surface area contributed by atoms with Gasteiger partial charge in [-0.05, 0) is 90.7 Å². The third kappa shape index (κ3) is 3.66. The highest BCUT2D eigenvalue weighted by atomic mass is 16.5. The van der Waals surface area contributed by atoms with E-state index in [4.69, 9.17) is 14.2 Å². The monoisotopic (exact) mass is 513 g/mol. The van der Waals surface area contributed by atoms with E-state index in [1.807, 2.05) is 24.1 Å². The van der Waals surface area contributed by atoms with Gasteiger partial charge in [-0.1, -0.05) is 20.8 Å². The molecule has 1 aromatic carbocycles. The number of methoxy groups -OCH3 is 3. The summed E-state index contributed by atoms with van der Waals surface area (Å²) in [6.07, 6.45) is 5.54. The van der Waals surface area contributed by atoms with Crippen LogP contribution in [0.1, 0.15) is 70.8 Å². The maximum absolute atomic E-state index is 13.8. The molecule has 4 fully saturated rings. The molecule has 0 radical (unpaired) electrons. The number of fused-ring (bicyclic) bond motifs is 5. The number of rotatable bonds is 5. The SMILES string of the molecule is COc1cc(C2C[C@]3(C)[C@H]4CC[C@]5(C)[C@@H](C(=O)O)CC[C@H]5[C@@H]4[C@@H](C)C[C@H]3N(C)C2=O)cc(OC)c1OC. The molecule has 1 N–H and O–H groups in total. The summed E-state index contributed by atoms with van der Waals surface area (Å²) in [5.41, 5.74) is 0.721. The zero-order chi connectivity index (χ0) is 26.9. The Kier molecular flexibility index (Phi) is 6.43. The normalized spacial score (nSPS) is 40.9. The number of carboxylic acid groups (broad SMARTS) is 1. The molecule has 1 saturated heterocycles. The van der Waals surface area contributed by atoms with E-state index in [-0.39, 0.29) is 34.6 Å². The number of benzene rings is 1. The number of aliphatic carboxylic acids is 1. The largest absolute Gasteiger partial charge is 0.493 e. The third-order valence-electron chi connectivity index (χ3n) is 11.3. The molecule has 7 nitrogen and oxygen atoms in total. The Balaban J connectivity index is 1.53. The van der Waals surface area contributed by atoms with Gasteiger partial charge in [-0.25, -0.2) is 0 Å². The van der Waals surface area contributed by atoms with Gasteiger partial charge in [-0.3, -0.25) is 9.59 Å². The van der Waals surface area contributed by atoms with Crippen molar-refractivity contribution in [2.75, 3.05) is 28.4 Å². The smallest absolute Gasteiger partial charge is 0.307 e. The molecule has 1 amide bonds. The highest BCUT2D eigenvalue weighted by Gasteiger charge is 2.64. The first-order chi connectivity index (χ1) is 17.5. The highest BCUT2D eigenvalue weighted by Crippen LogP contribution is 2.68. The van der Waals surface area contributed by atoms with Crippen molar-refractivity contribution in [3.05, 3.63) is 17.7 Å². The maximum Gasteiger partial charge on any atom is 0.307 e. The minimum absolute atomic E-state index is 0.0481. The summed E-state index contributed by atoms with van der Waals surface area (Å²) in [7, 11) is 6.77. The molecule has 3 aliphatic carbocycles. The Bertz CT molecular complexity index is 1060. The highest BCUT2D eigenvalue weighted by molar-refractivity contribution is 5.85. The summed E-state index contributed by atoms with van der Waals surface area (Å²) < 4.78 is 16.8. The van der Waals surface area contributed by atoms with Crippen molar-refractivity contribution in [2.24, 2.45) is 40.4 Å². The second kappa shape index (κ2) is 9.09. The first kappa shape index (κ1) is 26.2. The number of likely N-dealkylation sites (tertiary alicyclic amines) is 1. The fourth-order valence-electron chi connectivity index (χ4n) is 9.57. The molecule has 1 aromatic rings. The van der Waals surface area contributed by atoms with Gasteiger partial charge in [0, 0.05) is 13.1 Å². The molecule has 0 spiro atoms. The fraction of sp³-hybridized carbons (Fsp3) is 0.733. The van der Waals surface area contributed by atoms with E-state index in [0.717, 1.165) is 44.1 Å². The number of carbonyl (C=O) groups is 2. The summed E-state index contributed by atoms with van der Waals surface area (Å²) in [6.45, 7) is 7.00. The number of nitrogens with zero attached hydrogens (tertiary/aromatic N) is 1. The first-order valence-corrected chi connectivity index (χ1v) is 13.8. The van der Waals surface area contributed by atoms with Crippen LogP contribution in [0.4, 0.5) is 0 Å². The van der Waals surface area contributed by atoms with Crippen LogP contribution in [0.2, 0.25) is 0 Å². The molecule has 204 valence electrons. The fourth-order valence-corrected chi connectivity index (χ4v) is 9.57. The van der Waals surface area contributed by atoms with Gasteiger partial charge in [0.2, 0.25) is 11.7 Å². The minimum atomic E-state index is -0.624. The van der Waals surface area contributed by atoms with Crippen LogP contribution in [-0.2, 0) is 9.59 Å². The standard InChI is InChI=1S/C30H43NO6/c1-16-12-24-30(3,20-10-11-29(2)19(25(16)20)8-9-21(29)28(33)34)15-18(27(32)31(24)4)17-13-22(35-5)26(37-7)23(14-17)36-6/h13-14,16,18-21,24-25H,8-12,15H2,1-7H3,(H,33,34)/t16-,18?,19-,20-,21+,24+,25-,29-,30+/m0/s1. The quantitative estimate of drug-likeness (QED) is 0.581. The summed E-state index contributed by atoms with van der Waals surface area (Å²) >= 11 is 0. The van der Waals surface area contributed by atoms with Crippen molar-refractivity contribution in [3.8, 4) is 17.2 Å². The van der Waals surface area contributed by atoms with E-state index in [9.17, 15) is 14.7 Å². The van der Waals surface area contributed by atoms with Crippen LogP contribution in [0.25, 0.3) is 0 Å². The molecule has 0 aromatic heterocycles. The van der Waals surface area contributed by atoms with Crippen molar-refractivity contribution >= 4 is 11.9 Å². The van der Waals surface area contributed by atoms with Gasteiger partial charge in [0.1, 0.15) is 0 Å². The zero-order valence-corrected chi connectivity index (χ0v) is 23.4. The van der Waals surface area contributed by atoms with Crippen LogP contribution in [0, 0.1) is 40.4 Å². The van der Waals surface area contributed by atoms with Crippen molar-refractivity contribution in [1.29, 1.82) is 0 Å². The molecule has 1 aliphatic heterocycles. The topological polar surface area (TPSA) is 85.3 Å². The molecule has 1 unspecified atom stereocenters. The molecule has 9 atom stereocenters. The van der Waals surface area contributed by atoms with E-state index in [1.165, 1.54) is 0 Å². The van der Waals surface area contributed by atoms with Gasteiger partial charge in [0.05, 0.1) is 33.2 Å². The van der Waals surface area contributed by atoms with E-state index < -0.39 is 5.97 Å². The van der Waals surface area contributed by atoms with E-state index >= 15 is 0 Å². The molecule has 4 aliphatic rings. The van der Waals surface area contributed by atoms with Gasteiger partial charge >= 0.3 is 5.97 Å². The minimum Gasteiger partial charge on any atom is -0.493 e. The molecule has 7 heteroatoms. The van der Waals surface area contributed by atoms with E-state index in [0.29, 0.717) is 40.9 Å². The maximum atomic E-state index is 13.8. The summed E-state index contributed by atoms with van der Waals surface area (Å²) in [5.74, 6) is 2.51. The van der Waals surface area contributed by atoms with Gasteiger partial charge in [0.15, 0.2) is 11.5 Å². The number of ether oxygens (including phenoxy) is 3. The number of carboxylic acids is 1. The van der Waals surface area contributed by atoms with E-state index in [1.54, 1.807) is 21.3 Å². The second-order valence-corrected chi connectivity index (χ2v) is 12.7. The van der Waals surface area contributed by atoms with Crippen LogP contribution in [0.15, 0.2) is 12.1 Å². The van der Waals surface area contributed by atoms with Crippen LogP contribution in [0.5, 0.6) is 17.2 Å². The van der Waals surface area contributed by atoms with Crippen molar-refractivity contribution in [2.45, 2.75) is 71.3 Å². The average Bonchev–Trinajstić information content (AvgIpc) is 3.24. The second-order valence-electron chi connectivity index (χ2n) is 12.7. The molecule has 5 rings (SSSR count). The summed E-state index contributed by atoms with van der Waals surface area (Å²) in [5, 5.41) is 9.99. The van der Waals surface area contributed by atoms with Crippen LogP contribution in [-0.4, -0.2) is 56.3 Å². The van der Waals surface area contributed by atoms with E-state index in [2.05, 4.69) is 20.8 Å². The van der Waals surface area contributed by atoms with Gasteiger partial charge in [-0.2, -0.15) is 0 Å². The molecule has 37 heavy (non-hydrogen) atoms. The molecule has 0 bridgehead atoms. The Labute approximate surface area is 220 Å². The van der Waals surface area contributed by atoms with Crippen LogP contribution < -0.4 is 14.2 Å². The number of hydrogen-bond donors (Lipinski definition) is 1. The molecule has 3 saturated carbocycles. The van der Waals surface area contributed by atoms with Crippen molar-refractivity contribution in [3.63, 3.8) is 0 Å². The lowest BCUT2D eigenvalue weighted by Crippen LogP contribution is -2.64. The molecular weight excluding hydrogens is 470 g/mol. The van der Waals surface area contributed by atoms with Gasteiger partial charge < -0.3 is 24.2 Å². The van der Waals surface area contributed by atoms with Crippen molar-refractivity contribution in [1.82, 2.24) is 4.90 Å². The van der Waals surface area contributed by atoms with Gasteiger partial charge in [-0.15, -0.1) is 0 Å². The Hall–Kier alpha value is -2.44. The lowest BCUT2D eigenvalue weighted by Gasteiger charge is -2.64. The lowest BCUT2D eigenvalue weighted by molar-refractivity contribution is -0.173. The molecule has 1 heterocycles.